The van der Waals surface area contributed by atoms with Crippen LogP contribution in [0.5, 0.6) is 0 Å². The zero-order valence-electron chi connectivity index (χ0n) is 18.2. The number of amides is 1. The Hall–Kier alpha value is -2.65. The molecule has 2 heterocycles. The number of benzene rings is 1. The number of aryl methyl sites for hydroxylation is 1. The summed E-state index contributed by atoms with van der Waals surface area (Å²) in [7, 11) is 1.64. The van der Waals surface area contributed by atoms with Gasteiger partial charge in [-0.15, -0.1) is 0 Å². The van der Waals surface area contributed by atoms with Gasteiger partial charge in [-0.05, 0) is 38.0 Å². The highest BCUT2D eigenvalue weighted by Gasteiger charge is 2.22. The van der Waals surface area contributed by atoms with E-state index < -0.39 is 0 Å². The number of hydrogen-bond donors (Lipinski definition) is 3. The number of hydrogen-bond acceptors (Lipinski definition) is 5. The van der Waals surface area contributed by atoms with E-state index in [-0.39, 0.29) is 18.4 Å². The Morgan fingerprint density at radius 3 is 3.03 bits per heavy atom. The first-order valence-electron chi connectivity index (χ1n) is 10.5. The van der Waals surface area contributed by atoms with Crippen molar-refractivity contribution in [1.82, 2.24) is 25.4 Å². The molecule has 1 aromatic carbocycles. The van der Waals surface area contributed by atoms with Gasteiger partial charge in [0.15, 0.2) is 11.8 Å². The second-order valence-corrected chi connectivity index (χ2v) is 7.82. The Bertz CT molecular complexity index is 928. The maximum Gasteiger partial charge on any atom is 0.226 e. The molecule has 0 fully saturated rings. The normalized spacial score (nSPS) is 16.0. The third-order valence-electron chi connectivity index (χ3n) is 5.01. The van der Waals surface area contributed by atoms with E-state index in [9.17, 15) is 4.79 Å². The summed E-state index contributed by atoms with van der Waals surface area (Å²) in [6.45, 7) is 6.13. The van der Waals surface area contributed by atoms with Gasteiger partial charge in [0.1, 0.15) is 12.4 Å². The molecule has 1 unspecified atom stereocenters. The number of guanidine groups is 1. The molecule has 3 rings (SSSR count). The molecule has 0 radical (unpaired) electrons. The van der Waals surface area contributed by atoms with Crippen LogP contribution in [0.15, 0.2) is 23.2 Å². The largest absolute Gasteiger partial charge is 0.377 e. The molecule has 168 valence electrons. The van der Waals surface area contributed by atoms with Gasteiger partial charge < -0.3 is 20.7 Å². The Kier molecular flexibility index (Phi) is 8.25. The van der Waals surface area contributed by atoms with Crippen LogP contribution in [0.2, 0.25) is 5.02 Å². The Balaban J connectivity index is 1.52. The number of aromatic nitrogens is 3. The SMILES string of the molecule is CCNC(=NCCC(=O)Nc1cccc(Cl)c1C)NC1CCc2nc(COC)nn2C1. The number of fused-ring (bicyclic) bond motifs is 1. The molecule has 3 N–H and O–H groups in total. The fourth-order valence-electron chi connectivity index (χ4n) is 3.41. The summed E-state index contributed by atoms with van der Waals surface area (Å²) in [6.07, 6.45) is 2.06. The van der Waals surface area contributed by atoms with Crippen molar-refractivity contribution < 1.29 is 9.53 Å². The fourth-order valence-corrected chi connectivity index (χ4v) is 3.58. The molecule has 1 amide bonds. The van der Waals surface area contributed by atoms with Gasteiger partial charge in [-0.1, -0.05) is 17.7 Å². The van der Waals surface area contributed by atoms with Gasteiger partial charge in [0, 0.05) is 43.2 Å². The molecule has 2 aromatic rings. The van der Waals surface area contributed by atoms with Crippen molar-refractivity contribution >= 4 is 29.2 Å². The fraction of sp³-hybridized carbons (Fsp3) is 0.524. The monoisotopic (exact) mass is 447 g/mol. The number of nitrogens with one attached hydrogen (secondary N) is 3. The van der Waals surface area contributed by atoms with Gasteiger partial charge in [0.25, 0.3) is 0 Å². The summed E-state index contributed by atoms with van der Waals surface area (Å²) in [5.41, 5.74) is 1.58. The van der Waals surface area contributed by atoms with E-state index in [2.05, 4.69) is 31.0 Å². The lowest BCUT2D eigenvalue weighted by Gasteiger charge is -2.25. The van der Waals surface area contributed by atoms with Crippen molar-refractivity contribution in [3.63, 3.8) is 0 Å². The molecule has 10 heteroatoms. The molecule has 31 heavy (non-hydrogen) atoms. The number of carbonyl (C=O) groups is 1. The second kappa shape index (κ2) is 11.1. The average molecular weight is 448 g/mol. The topological polar surface area (TPSA) is 105 Å². The summed E-state index contributed by atoms with van der Waals surface area (Å²) in [4.78, 5) is 21.4. The Morgan fingerprint density at radius 1 is 1.42 bits per heavy atom. The lowest BCUT2D eigenvalue weighted by molar-refractivity contribution is -0.116. The minimum Gasteiger partial charge on any atom is -0.377 e. The van der Waals surface area contributed by atoms with E-state index in [1.54, 1.807) is 13.2 Å². The van der Waals surface area contributed by atoms with Crippen LogP contribution in [-0.4, -0.2) is 52.9 Å². The number of methoxy groups -OCH3 is 1. The highest BCUT2D eigenvalue weighted by molar-refractivity contribution is 6.31. The minimum absolute atomic E-state index is 0.0967. The van der Waals surface area contributed by atoms with Gasteiger partial charge in [-0.3, -0.25) is 9.79 Å². The first kappa shape index (κ1) is 23.0. The van der Waals surface area contributed by atoms with Crippen LogP contribution in [0.4, 0.5) is 5.69 Å². The van der Waals surface area contributed by atoms with Crippen LogP contribution < -0.4 is 16.0 Å². The molecule has 0 spiro atoms. The summed E-state index contributed by atoms with van der Waals surface area (Å²) >= 11 is 6.11. The first-order valence-corrected chi connectivity index (χ1v) is 10.9. The van der Waals surface area contributed by atoms with Crippen molar-refractivity contribution in [2.24, 2.45) is 4.99 Å². The molecule has 1 aliphatic rings. The minimum atomic E-state index is -0.0967. The van der Waals surface area contributed by atoms with Crippen molar-refractivity contribution in [3.05, 3.63) is 40.4 Å². The van der Waals surface area contributed by atoms with Gasteiger partial charge in [0.2, 0.25) is 5.91 Å². The zero-order chi connectivity index (χ0) is 22.2. The van der Waals surface area contributed by atoms with Crippen LogP contribution in [0.1, 0.15) is 37.0 Å². The maximum absolute atomic E-state index is 12.3. The average Bonchev–Trinajstić information content (AvgIpc) is 3.13. The van der Waals surface area contributed by atoms with E-state index in [0.29, 0.717) is 36.5 Å². The molecule has 9 nitrogen and oxygen atoms in total. The maximum atomic E-state index is 12.3. The molecule has 1 atom stereocenters. The lowest BCUT2D eigenvalue weighted by atomic mass is 10.1. The Morgan fingerprint density at radius 2 is 2.26 bits per heavy atom. The van der Waals surface area contributed by atoms with Gasteiger partial charge in [0.05, 0.1) is 13.1 Å². The number of nitrogens with zero attached hydrogens (tertiary/aromatic N) is 4. The molecular weight excluding hydrogens is 418 g/mol. The molecular formula is C21H30ClN7O2. The number of rotatable bonds is 8. The van der Waals surface area contributed by atoms with Crippen LogP contribution in [0, 0.1) is 6.92 Å². The molecule has 0 saturated carbocycles. The highest BCUT2D eigenvalue weighted by Crippen LogP contribution is 2.23. The van der Waals surface area contributed by atoms with Gasteiger partial charge in [-0.2, -0.15) is 5.10 Å². The van der Waals surface area contributed by atoms with Gasteiger partial charge in [-0.25, -0.2) is 9.67 Å². The summed E-state index contributed by atoms with van der Waals surface area (Å²) in [6, 6.07) is 5.65. The predicted octanol–water partition coefficient (Wildman–Crippen LogP) is 2.29. The van der Waals surface area contributed by atoms with Crippen molar-refractivity contribution in [2.75, 3.05) is 25.5 Å². The predicted molar refractivity (Wildman–Crippen MR) is 121 cm³/mol. The second-order valence-electron chi connectivity index (χ2n) is 7.41. The van der Waals surface area contributed by atoms with E-state index in [1.807, 2.05) is 30.7 Å². The standard InChI is InChI=1S/C21H30ClN7O2/c1-4-23-21(24-11-10-20(30)26-17-7-5-6-16(22)14(17)2)25-15-8-9-19-27-18(13-31-3)28-29(19)12-15/h5-7,15H,4,8-13H2,1-3H3,(H,26,30)(H2,23,24,25). The van der Waals surface area contributed by atoms with E-state index in [1.165, 1.54) is 0 Å². The van der Waals surface area contributed by atoms with Crippen molar-refractivity contribution in [2.45, 2.75) is 52.3 Å². The smallest absolute Gasteiger partial charge is 0.226 e. The number of aliphatic imine (C=N–C) groups is 1. The highest BCUT2D eigenvalue weighted by atomic mass is 35.5. The summed E-state index contributed by atoms with van der Waals surface area (Å²) in [5, 5.41) is 14.7. The zero-order valence-corrected chi connectivity index (χ0v) is 19.0. The number of ether oxygens (including phenoxy) is 1. The molecule has 0 saturated heterocycles. The van der Waals surface area contributed by atoms with E-state index in [4.69, 9.17) is 16.3 Å². The number of carbonyl (C=O) groups excluding carboxylic acids is 1. The molecule has 1 aromatic heterocycles. The summed E-state index contributed by atoms with van der Waals surface area (Å²) < 4.78 is 7.05. The lowest BCUT2D eigenvalue weighted by Crippen LogP contribution is -2.47. The van der Waals surface area contributed by atoms with Crippen LogP contribution >= 0.6 is 11.6 Å². The summed E-state index contributed by atoms with van der Waals surface area (Å²) in [5.74, 6) is 2.29. The molecule has 0 aliphatic carbocycles. The third kappa shape index (κ3) is 6.41. The van der Waals surface area contributed by atoms with Crippen LogP contribution in [0.3, 0.4) is 0 Å². The third-order valence-corrected chi connectivity index (χ3v) is 5.42. The van der Waals surface area contributed by atoms with Crippen molar-refractivity contribution in [3.8, 4) is 0 Å². The quantitative estimate of drug-likeness (QED) is 0.423. The van der Waals surface area contributed by atoms with Gasteiger partial charge >= 0.3 is 0 Å². The Labute approximate surface area is 187 Å². The number of halogens is 1. The van der Waals surface area contributed by atoms with E-state index in [0.717, 1.165) is 36.5 Å². The molecule has 0 bridgehead atoms. The molecule has 1 aliphatic heterocycles. The number of anilines is 1. The first-order chi connectivity index (χ1) is 15.0. The van der Waals surface area contributed by atoms with Crippen LogP contribution in [0.25, 0.3) is 0 Å². The van der Waals surface area contributed by atoms with E-state index >= 15 is 0 Å². The van der Waals surface area contributed by atoms with Crippen molar-refractivity contribution in [1.29, 1.82) is 0 Å². The van der Waals surface area contributed by atoms with Crippen LogP contribution in [-0.2, 0) is 29.1 Å².